The van der Waals surface area contributed by atoms with Gasteiger partial charge in [0.15, 0.2) is 0 Å². The molecule has 13 heavy (non-hydrogen) atoms. The number of halogens is 6. The van der Waals surface area contributed by atoms with E-state index in [1.165, 1.54) is 0 Å². The number of alkyl halides is 6. The van der Waals surface area contributed by atoms with Crippen LogP contribution in [0.2, 0.25) is 0 Å². The van der Waals surface area contributed by atoms with Crippen LogP contribution in [0, 0.1) is 0 Å². The van der Waals surface area contributed by atoms with E-state index in [4.69, 9.17) is 75.3 Å². The average Bonchev–Trinajstić information content (AvgIpc) is 1.82. The summed E-state index contributed by atoms with van der Waals surface area (Å²) in [6, 6.07) is 0. The molecule has 3 N–H and O–H groups in total. The van der Waals surface area contributed by atoms with Crippen molar-refractivity contribution in [2.24, 2.45) is 5.73 Å². The Kier molecular flexibility index (Phi) is 5.23. The Morgan fingerprint density at radius 1 is 1.15 bits per heavy atom. The fourth-order valence-corrected chi connectivity index (χ4v) is 0.632. The van der Waals surface area contributed by atoms with Crippen molar-refractivity contribution in [1.29, 1.82) is 0 Å². The Balaban J connectivity index is 4.24. The number of nitrogens with one attached hydrogen (secondary N) is 1. The molecule has 0 rings (SSSR count). The van der Waals surface area contributed by atoms with E-state index < -0.39 is 19.7 Å². The van der Waals surface area contributed by atoms with Gasteiger partial charge in [-0.2, -0.15) is 0 Å². The van der Waals surface area contributed by atoms with Gasteiger partial charge < -0.3 is 11.1 Å². The molecule has 0 fully saturated rings. The lowest BCUT2D eigenvalue weighted by atomic mass is 10.5. The Morgan fingerprint density at radius 3 is 1.77 bits per heavy atom. The Morgan fingerprint density at radius 2 is 1.54 bits per heavy atom. The minimum atomic E-state index is -2.13. The molecule has 3 nitrogen and oxygen atoms in total. The first kappa shape index (κ1) is 14.2. The van der Waals surface area contributed by atoms with E-state index in [1.54, 1.807) is 0 Å². The van der Waals surface area contributed by atoms with E-state index in [-0.39, 0.29) is 0 Å². The number of hydrogen-bond donors (Lipinski definition) is 2. The highest BCUT2D eigenvalue weighted by Gasteiger charge is 2.37. The zero-order valence-corrected chi connectivity index (χ0v) is 10.4. The van der Waals surface area contributed by atoms with Gasteiger partial charge in [0, 0.05) is 0 Å². The van der Waals surface area contributed by atoms with Crippen molar-refractivity contribution in [3.05, 3.63) is 0 Å². The first-order valence-corrected chi connectivity index (χ1v) is 5.02. The van der Waals surface area contributed by atoms with Crippen molar-refractivity contribution in [3.63, 3.8) is 0 Å². The summed E-state index contributed by atoms with van der Waals surface area (Å²) in [5, 5.41) is 2.01. The Bertz CT molecular complexity index is 196. The highest BCUT2D eigenvalue weighted by Crippen LogP contribution is 2.30. The standard InChI is InChI=1S/C4H4Cl6N2O/c5-3(6,7)1(11)12-2(13)4(8,9)10/h1H,11H2,(H,12,13). The fourth-order valence-electron chi connectivity index (χ4n) is 0.305. The van der Waals surface area contributed by atoms with E-state index in [2.05, 4.69) is 0 Å². The van der Waals surface area contributed by atoms with Gasteiger partial charge in [-0.15, -0.1) is 0 Å². The van der Waals surface area contributed by atoms with Gasteiger partial charge in [0.2, 0.25) is 3.79 Å². The maximum absolute atomic E-state index is 11.0. The van der Waals surface area contributed by atoms with Crippen LogP contribution in [0.3, 0.4) is 0 Å². The van der Waals surface area contributed by atoms with Crippen molar-refractivity contribution in [3.8, 4) is 0 Å². The number of rotatable bonds is 1. The second-order valence-corrected chi connectivity index (χ2v) is 6.64. The van der Waals surface area contributed by atoms with Gasteiger partial charge in [-0.1, -0.05) is 69.6 Å². The number of carbonyl (C=O) groups is 1. The van der Waals surface area contributed by atoms with Crippen molar-refractivity contribution < 1.29 is 4.79 Å². The van der Waals surface area contributed by atoms with Crippen molar-refractivity contribution in [1.82, 2.24) is 5.32 Å². The third kappa shape index (κ3) is 5.57. The maximum atomic E-state index is 11.0. The van der Waals surface area contributed by atoms with Crippen molar-refractivity contribution >= 4 is 75.5 Å². The summed E-state index contributed by atoms with van der Waals surface area (Å²) in [7, 11) is 0. The van der Waals surface area contributed by atoms with E-state index in [0.717, 1.165) is 0 Å². The minimum absolute atomic E-state index is 0.962. The largest absolute Gasteiger partial charge is 0.333 e. The smallest absolute Gasteiger partial charge is 0.273 e. The zero-order valence-electron chi connectivity index (χ0n) is 5.83. The van der Waals surface area contributed by atoms with Crippen molar-refractivity contribution in [2.75, 3.05) is 0 Å². The van der Waals surface area contributed by atoms with Crippen LogP contribution < -0.4 is 11.1 Å². The third-order valence-electron chi connectivity index (χ3n) is 0.897. The molecule has 0 aliphatic carbocycles. The summed E-state index contributed by atoms with van der Waals surface area (Å²) in [6.07, 6.45) is -1.25. The highest BCUT2D eigenvalue weighted by atomic mass is 35.6. The molecule has 0 saturated carbocycles. The van der Waals surface area contributed by atoms with E-state index in [1.807, 2.05) is 5.32 Å². The molecule has 0 spiro atoms. The molecule has 0 aliphatic heterocycles. The molecule has 0 bridgehead atoms. The summed E-state index contributed by atoms with van der Waals surface area (Å²) in [5.41, 5.74) is 5.24. The molecule has 0 saturated heterocycles. The van der Waals surface area contributed by atoms with Crippen LogP contribution in [0.15, 0.2) is 0 Å². The molecule has 0 aromatic carbocycles. The monoisotopic (exact) mass is 306 g/mol. The van der Waals surface area contributed by atoms with Crippen LogP contribution in [-0.4, -0.2) is 19.7 Å². The second-order valence-electron chi connectivity index (χ2n) is 1.99. The Hall–Kier alpha value is 1.17. The maximum Gasteiger partial charge on any atom is 0.273 e. The highest BCUT2D eigenvalue weighted by molar-refractivity contribution is 6.76. The molecule has 0 aliphatic rings. The van der Waals surface area contributed by atoms with Crippen molar-refractivity contribution in [2.45, 2.75) is 13.8 Å². The lowest BCUT2D eigenvalue weighted by Crippen LogP contribution is -2.53. The summed E-state index contributed by atoms with van der Waals surface area (Å²) in [6.45, 7) is 0. The first-order valence-electron chi connectivity index (χ1n) is 2.75. The van der Waals surface area contributed by atoms with Gasteiger partial charge >= 0.3 is 0 Å². The van der Waals surface area contributed by atoms with Gasteiger partial charge in [0.1, 0.15) is 6.17 Å². The van der Waals surface area contributed by atoms with E-state index in [0.29, 0.717) is 0 Å². The summed E-state index contributed by atoms with van der Waals surface area (Å²) < 4.78 is -3.99. The third-order valence-corrected chi connectivity index (χ3v) is 2.12. The van der Waals surface area contributed by atoms with Crippen LogP contribution in [0.25, 0.3) is 0 Å². The molecule has 0 heterocycles. The normalized spacial score (nSPS) is 15.3. The molecular formula is C4H4Cl6N2O. The van der Waals surface area contributed by atoms with E-state index in [9.17, 15) is 4.79 Å². The summed E-state index contributed by atoms with van der Waals surface area (Å²) >= 11 is 31.7. The van der Waals surface area contributed by atoms with Crippen LogP contribution in [0.4, 0.5) is 0 Å². The first-order chi connectivity index (χ1) is 5.55. The van der Waals surface area contributed by atoms with Gasteiger partial charge in [-0.25, -0.2) is 0 Å². The van der Waals surface area contributed by atoms with Gasteiger partial charge in [0.05, 0.1) is 0 Å². The Labute approximate surface area is 105 Å². The molecule has 9 heteroatoms. The SMILES string of the molecule is NC(NC(=O)C(Cl)(Cl)Cl)C(Cl)(Cl)Cl. The molecule has 0 radical (unpaired) electrons. The number of nitrogens with two attached hydrogens (primary N) is 1. The zero-order chi connectivity index (χ0) is 10.9. The molecule has 1 amide bonds. The van der Waals surface area contributed by atoms with Gasteiger partial charge in [-0.05, 0) is 0 Å². The summed E-state index contributed by atoms with van der Waals surface area (Å²) in [5.74, 6) is -0.962. The van der Waals surface area contributed by atoms with Crippen LogP contribution in [0.1, 0.15) is 0 Å². The topological polar surface area (TPSA) is 55.1 Å². The van der Waals surface area contributed by atoms with E-state index >= 15 is 0 Å². The van der Waals surface area contributed by atoms with Crippen LogP contribution in [0.5, 0.6) is 0 Å². The molecule has 78 valence electrons. The quantitative estimate of drug-likeness (QED) is 0.576. The molecule has 0 aromatic rings. The van der Waals surface area contributed by atoms with Gasteiger partial charge in [-0.3, -0.25) is 4.79 Å². The molecular weight excluding hydrogens is 305 g/mol. The lowest BCUT2D eigenvalue weighted by Gasteiger charge is -2.22. The van der Waals surface area contributed by atoms with Crippen LogP contribution >= 0.6 is 69.6 Å². The lowest BCUT2D eigenvalue weighted by molar-refractivity contribution is -0.120. The molecule has 1 atom stereocenters. The predicted molar refractivity (Wildman–Crippen MR) is 56.7 cm³/mol. The minimum Gasteiger partial charge on any atom is -0.333 e. The predicted octanol–water partition coefficient (Wildman–Crippen LogP) is 2.13. The van der Waals surface area contributed by atoms with Crippen LogP contribution in [-0.2, 0) is 4.79 Å². The fraction of sp³-hybridized carbons (Fsp3) is 0.750. The number of amides is 1. The number of carbonyl (C=O) groups excluding carboxylic acids is 1. The number of hydrogen-bond acceptors (Lipinski definition) is 2. The molecule has 1 unspecified atom stereocenters. The van der Waals surface area contributed by atoms with Gasteiger partial charge in [0.25, 0.3) is 9.70 Å². The molecule has 0 aromatic heterocycles. The summed E-state index contributed by atoms with van der Waals surface area (Å²) in [4.78, 5) is 11.0. The second kappa shape index (κ2) is 4.79. The average molecular weight is 309 g/mol.